The van der Waals surface area contributed by atoms with Crippen molar-refractivity contribution in [2.75, 3.05) is 11.9 Å². The predicted molar refractivity (Wildman–Crippen MR) is 85.8 cm³/mol. The van der Waals surface area contributed by atoms with E-state index in [0.29, 0.717) is 5.15 Å². The third kappa shape index (κ3) is 2.92. The first-order chi connectivity index (χ1) is 9.72. The van der Waals surface area contributed by atoms with E-state index in [1.54, 1.807) is 17.4 Å². The first-order valence-electron chi connectivity index (χ1n) is 6.40. The summed E-state index contributed by atoms with van der Waals surface area (Å²) in [5, 5.41) is 7.19. The molecule has 0 amide bonds. The lowest BCUT2D eigenvalue weighted by atomic mass is 10.1. The number of thiophene rings is 1. The molecule has 0 bridgehead atoms. The summed E-state index contributed by atoms with van der Waals surface area (Å²) in [6.07, 6.45) is 2.42. The van der Waals surface area contributed by atoms with Crippen molar-refractivity contribution in [3.8, 4) is 0 Å². The summed E-state index contributed by atoms with van der Waals surface area (Å²) in [4.78, 5) is 7.99. The van der Waals surface area contributed by atoms with Gasteiger partial charge in [0.1, 0.15) is 17.3 Å². The Morgan fingerprint density at radius 1 is 1.25 bits per heavy atom. The van der Waals surface area contributed by atoms with Crippen molar-refractivity contribution in [3.63, 3.8) is 0 Å². The molecule has 20 heavy (non-hydrogen) atoms. The number of nitrogens with one attached hydrogen (secondary N) is 1. The normalized spacial score (nSPS) is 10.9. The molecule has 2 heterocycles. The molecule has 3 rings (SSSR count). The molecule has 0 saturated heterocycles. The van der Waals surface area contributed by atoms with Gasteiger partial charge in [0.2, 0.25) is 0 Å². The Bertz CT molecular complexity index is 739. The highest BCUT2D eigenvalue weighted by molar-refractivity contribution is 7.17. The van der Waals surface area contributed by atoms with Crippen molar-refractivity contribution in [1.29, 1.82) is 0 Å². The molecule has 1 N–H and O–H groups in total. The largest absolute Gasteiger partial charge is 0.370 e. The van der Waals surface area contributed by atoms with Gasteiger partial charge in [0.15, 0.2) is 0 Å². The molecule has 5 heteroatoms. The lowest BCUT2D eigenvalue weighted by Crippen LogP contribution is -2.06. The highest BCUT2D eigenvalue weighted by atomic mass is 35.5. The number of anilines is 1. The SMILES string of the molecule is Cc1cc(CCNc2cc(Cl)ncn2)cc2ccsc12. The molecule has 0 unspecified atom stereocenters. The van der Waals surface area contributed by atoms with Gasteiger partial charge < -0.3 is 5.32 Å². The van der Waals surface area contributed by atoms with Crippen LogP contribution in [0.1, 0.15) is 11.1 Å². The van der Waals surface area contributed by atoms with Gasteiger partial charge in [-0.1, -0.05) is 23.7 Å². The quantitative estimate of drug-likeness (QED) is 0.730. The second kappa shape index (κ2) is 5.77. The molecular weight excluding hydrogens is 290 g/mol. The molecule has 0 spiro atoms. The first-order valence-corrected chi connectivity index (χ1v) is 7.66. The minimum absolute atomic E-state index is 0.457. The Hall–Kier alpha value is -1.65. The van der Waals surface area contributed by atoms with Gasteiger partial charge in [0, 0.05) is 17.3 Å². The molecule has 0 aliphatic rings. The van der Waals surface area contributed by atoms with E-state index in [-0.39, 0.29) is 0 Å². The van der Waals surface area contributed by atoms with E-state index in [1.165, 1.54) is 27.5 Å². The zero-order valence-corrected chi connectivity index (χ0v) is 12.6. The molecule has 3 aromatic rings. The predicted octanol–water partition coefficient (Wildman–Crippen LogP) is 4.31. The highest BCUT2D eigenvalue weighted by Crippen LogP contribution is 2.26. The number of fused-ring (bicyclic) bond motifs is 1. The van der Waals surface area contributed by atoms with E-state index < -0.39 is 0 Å². The third-order valence-corrected chi connectivity index (χ3v) is 4.42. The van der Waals surface area contributed by atoms with Crippen LogP contribution in [0.5, 0.6) is 0 Å². The molecule has 0 aliphatic carbocycles. The van der Waals surface area contributed by atoms with Crippen LogP contribution >= 0.6 is 22.9 Å². The van der Waals surface area contributed by atoms with Gasteiger partial charge in [-0.3, -0.25) is 0 Å². The van der Waals surface area contributed by atoms with Crippen molar-refractivity contribution in [2.24, 2.45) is 0 Å². The number of nitrogens with zero attached hydrogens (tertiary/aromatic N) is 2. The van der Waals surface area contributed by atoms with Gasteiger partial charge in [0.25, 0.3) is 0 Å². The smallest absolute Gasteiger partial charge is 0.134 e. The number of benzene rings is 1. The number of aryl methyl sites for hydroxylation is 1. The first kappa shape index (κ1) is 13.3. The number of hydrogen-bond donors (Lipinski definition) is 1. The topological polar surface area (TPSA) is 37.8 Å². The number of aromatic nitrogens is 2. The van der Waals surface area contributed by atoms with Crippen LogP contribution in [0.3, 0.4) is 0 Å². The van der Waals surface area contributed by atoms with Crippen LogP contribution in [0.15, 0.2) is 36.0 Å². The fourth-order valence-electron chi connectivity index (χ4n) is 2.25. The molecule has 0 fully saturated rings. The Morgan fingerprint density at radius 3 is 3.00 bits per heavy atom. The van der Waals surface area contributed by atoms with E-state index in [1.807, 2.05) is 0 Å². The van der Waals surface area contributed by atoms with E-state index in [9.17, 15) is 0 Å². The van der Waals surface area contributed by atoms with Crippen molar-refractivity contribution in [1.82, 2.24) is 9.97 Å². The van der Waals surface area contributed by atoms with Gasteiger partial charge in [-0.2, -0.15) is 0 Å². The van der Waals surface area contributed by atoms with E-state index in [0.717, 1.165) is 18.8 Å². The van der Waals surface area contributed by atoms with Crippen LogP contribution < -0.4 is 5.32 Å². The molecule has 102 valence electrons. The van der Waals surface area contributed by atoms with Crippen molar-refractivity contribution >= 4 is 38.8 Å². The Kier molecular flexibility index (Phi) is 3.85. The van der Waals surface area contributed by atoms with Gasteiger partial charge in [0.05, 0.1) is 0 Å². The maximum Gasteiger partial charge on any atom is 0.134 e. The van der Waals surface area contributed by atoms with Gasteiger partial charge >= 0.3 is 0 Å². The monoisotopic (exact) mass is 303 g/mol. The van der Waals surface area contributed by atoms with E-state index in [2.05, 4.69) is 45.8 Å². The second-order valence-electron chi connectivity index (χ2n) is 4.65. The molecule has 0 aliphatic heterocycles. The Morgan fingerprint density at radius 2 is 2.15 bits per heavy atom. The standard InChI is InChI=1S/C15H14ClN3S/c1-10-6-11(7-12-3-5-20-15(10)12)2-4-17-14-8-13(16)18-9-19-14/h3,5-9H,2,4H2,1H3,(H,17,18,19). The van der Waals surface area contributed by atoms with Crippen LogP contribution in [0.25, 0.3) is 10.1 Å². The fourth-order valence-corrected chi connectivity index (χ4v) is 3.25. The van der Waals surface area contributed by atoms with Gasteiger partial charge in [-0.05, 0) is 41.3 Å². The van der Waals surface area contributed by atoms with Crippen LogP contribution in [-0.4, -0.2) is 16.5 Å². The summed E-state index contributed by atoms with van der Waals surface area (Å²) in [6, 6.07) is 8.42. The summed E-state index contributed by atoms with van der Waals surface area (Å²) >= 11 is 7.62. The lowest BCUT2D eigenvalue weighted by Gasteiger charge is -2.07. The third-order valence-electron chi connectivity index (χ3n) is 3.15. The summed E-state index contributed by atoms with van der Waals surface area (Å²) < 4.78 is 1.38. The minimum atomic E-state index is 0.457. The summed E-state index contributed by atoms with van der Waals surface area (Å²) in [6.45, 7) is 2.99. The second-order valence-corrected chi connectivity index (χ2v) is 5.96. The zero-order valence-electron chi connectivity index (χ0n) is 11.1. The minimum Gasteiger partial charge on any atom is -0.370 e. The number of halogens is 1. The Labute approximate surface area is 126 Å². The average Bonchev–Trinajstić information content (AvgIpc) is 2.88. The van der Waals surface area contributed by atoms with E-state index >= 15 is 0 Å². The van der Waals surface area contributed by atoms with Gasteiger partial charge in [-0.15, -0.1) is 11.3 Å². The fraction of sp³-hybridized carbons (Fsp3) is 0.200. The summed E-state index contributed by atoms with van der Waals surface area (Å²) in [5.41, 5.74) is 2.68. The van der Waals surface area contributed by atoms with Crippen LogP contribution in [0, 0.1) is 6.92 Å². The van der Waals surface area contributed by atoms with Crippen LogP contribution in [-0.2, 0) is 6.42 Å². The molecule has 0 radical (unpaired) electrons. The molecular formula is C15H14ClN3S. The van der Waals surface area contributed by atoms with Crippen molar-refractivity contribution < 1.29 is 0 Å². The lowest BCUT2D eigenvalue weighted by molar-refractivity contribution is 1.000. The van der Waals surface area contributed by atoms with E-state index in [4.69, 9.17) is 11.6 Å². The molecule has 1 aromatic carbocycles. The van der Waals surface area contributed by atoms with Crippen molar-refractivity contribution in [3.05, 3.63) is 52.3 Å². The summed E-state index contributed by atoms with van der Waals surface area (Å²) in [7, 11) is 0. The highest BCUT2D eigenvalue weighted by Gasteiger charge is 2.03. The molecule has 2 aromatic heterocycles. The van der Waals surface area contributed by atoms with Crippen LogP contribution in [0.2, 0.25) is 5.15 Å². The number of rotatable bonds is 4. The van der Waals surface area contributed by atoms with Gasteiger partial charge in [-0.25, -0.2) is 9.97 Å². The summed E-state index contributed by atoms with van der Waals surface area (Å²) in [5.74, 6) is 0.762. The molecule has 0 atom stereocenters. The number of hydrogen-bond acceptors (Lipinski definition) is 4. The average molecular weight is 304 g/mol. The van der Waals surface area contributed by atoms with Crippen molar-refractivity contribution in [2.45, 2.75) is 13.3 Å². The molecule has 3 nitrogen and oxygen atoms in total. The molecule has 0 saturated carbocycles. The zero-order chi connectivity index (χ0) is 13.9. The van der Waals surface area contributed by atoms with Crippen LogP contribution in [0.4, 0.5) is 5.82 Å². The maximum absolute atomic E-state index is 5.82. The maximum atomic E-state index is 5.82. The Balaban J connectivity index is 1.68.